The lowest BCUT2D eigenvalue weighted by molar-refractivity contribution is 0.103. The van der Waals surface area contributed by atoms with Crippen molar-refractivity contribution in [3.05, 3.63) is 47.1 Å². The molecule has 0 radical (unpaired) electrons. The van der Waals surface area contributed by atoms with Crippen molar-refractivity contribution in [2.24, 2.45) is 0 Å². The molecule has 0 spiro atoms. The van der Waals surface area contributed by atoms with E-state index in [0.29, 0.717) is 0 Å². The van der Waals surface area contributed by atoms with Crippen molar-refractivity contribution < 1.29 is 5.11 Å². The van der Waals surface area contributed by atoms with Crippen LogP contribution in [0.25, 0.3) is 0 Å². The van der Waals surface area contributed by atoms with Crippen molar-refractivity contribution >= 4 is 0 Å². The zero-order chi connectivity index (χ0) is 16.3. The number of allylic oxidation sites excluding steroid dienone is 7. The molecule has 0 aromatic rings. The van der Waals surface area contributed by atoms with Crippen molar-refractivity contribution in [3.63, 3.8) is 0 Å². The SMILES string of the molecule is CC(C)=CCCC(C)=CCC=CC(C)(O)CCC=C(C)C. The first-order chi connectivity index (χ1) is 9.73. The second-order valence-electron chi connectivity index (χ2n) is 6.69. The minimum atomic E-state index is -0.699. The number of aliphatic hydroxyl groups is 1. The molecule has 0 amide bonds. The van der Waals surface area contributed by atoms with Gasteiger partial charge in [-0.15, -0.1) is 0 Å². The average molecular weight is 290 g/mol. The lowest BCUT2D eigenvalue weighted by atomic mass is 9.98. The van der Waals surface area contributed by atoms with Gasteiger partial charge in [0.1, 0.15) is 0 Å². The molecule has 0 aliphatic heterocycles. The topological polar surface area (TPSA) is 20.2 Å². The van der Waals surface area contributed by atoms with Gasteiger partial charge in [0.25, 0.3) is 0 Å². The Morgan fingerprint density at radius 2 is 1.48 bits per heavy atom. The predicted octanol–water partition coefficient (Wildman–Crippen LogP) is 6.12. The minimum absolute atomic E-state index is 0.699. The van der Waals surface area contributed by atoms with Crippen molar-refractivity contribution in [2.75, 3.05) is 0 Å². The summed E-state index contributed by atoms with van der Waals surface area (Å²) >= 11 is 0. The first-order valence-corrected chi connectivity index (χ1v) is 8.05. The van der Waals surface area contributed by atoms with Crippen LogP contribution in [0.1, 0.15) is 73.6 Å². The van der Waals surface area contributed by atoms with E-state index in [4.69, 9.17) is 0 Å². The molecular formula is C20H34O. The standard InChI is InChI=1S/C20H34O/c1-17(2)11-9-14-19(5)13-7-8-15-20(6,21)16-10-12-18(3)4/h8,11-13,15,21H,7,9-10,14,16H2,1-6H3. The molecule has 1 heteroatoms. The van der Waals surface area contributed by atoms with E-state index in [1.54, 1.807) is 0 Å². The molecule has 120 valence electrons. The predicted molar refractivity (Wildman–Crippen MR) is 95.5 cm³/mol. The van der Waals surface area contributed by atoms with Crippen molar-refractivity contribution in [1.82, 2.24) is 0 Å². The van der Waals surface area contributed by atoms with Crippen molar-refractivity contribution in [1.29, 1.82) is 0 Å². The summed E-state index contributed by atoms with van der Waals surface area (Å²) < 4.78 is 0. The van der Waals surface area contributed by atoms with Crippen LogP contribution in [0.5, 0.6) is 0 Å². The van der Waals surface area contributed by atoms with Crippen LogP contribution in [0.4, 0.5) is 0 Å². The molecule has 21 heavy (non-hydrogen) atoms. The fourth-order valence-corrected chi connectivity index (χ4v) is 2.02. The smallest absolute Gasteiger partial charge is 0.0802 e. The highest BCUT2D eigenvalue weighted by Gasteiger charge is 2.14. The molecule has 1 atom stereocenters. The zero-order valence-electron chi connectivity index (χ0n) is 14.9. The molecule has 0 aromatic heterocycles. The zero-order valence-corrected chi connectivity index (χ0v) is 14.9. The summed E-state index contributed by atoms with van der Waals surface area (Å²) in [7, 11) is 0. The fourth-order valence-electron chi connectivity index (χ4n) is 2.02. The average Bonchev–Trinajstić information content (AvgIpc) is 2.33. The summed E-state index contributed by atoms with van der Waals surface area (Å²) in [6.07, 6.45) is 15.6. The molecule has 1 N–H and O–H groups in total. The van der Waals surface area contributed by atoms with E-state index in [0.717, 1.165) is 32.1 Å². The molecule has 0 saturated heterocycles. The highest BCUT2D eigenvalue weighted by atomic mass is 16.3. The fraction of sp³-hybridized carbons (Fsp3) is 0.600. The third-order valence-electron chi connectivity index (χ3n) is 3.37. The van der Waals surface area contributed by atoms with Crippen LogP contribution in [-0.4, -0.2) is 10.7 Å². The maximum Gasteiger partial charge on any atom is 0.0802 e. The molecule has 1 nitrogen and oxygen atoms in total. The summed E-state index contributed by atoms with van der Waals surface area (Å²) in [5.41, 5.74) is 3.41. The third kappa shape index (κ3) is 13.7. The van der Waals surface area contributed by atoms with Gasteiger partial charge in [-0.2, -0.15) is 0 Å². The Balaban J connectivity index is 4.12. The Labute approximate surface area is 132 Å². The van der Waals surface area contributed by atoms with Gasteiger partial charge in [0.05, 0.1) is 5.60 Å². The van der Waals surface area contributed by atoms with Crippen LogP contribution in [0, 0.1) is 0 Å². The normalized spacial score (nSPS) is 14.9. The molecule has 0 bridgehead atoms. The van der Waals surface area contributed by atoms with Crippen LogP contribution >= 0.6 is 0 Å². The summed E-state index contributed by atoms with van der Waals surface area (Å²) in [6, 6.07) is 0. The van der Waals surface area contributed by atoms with Gasteiger partial charge >= 0.3 is 0 Å². The third-order valence-corrected chi connectivity index (χ3v) is 3.37. The van der Waals surface area contributed by atoms with Crippen LogP contribution in [-0.2, 0) is 0 Å². The monoisotopic (exact) mass is 290 g/mol. The largest absolute Gasteiger partial charge is 0.386 e. The van der Waals surface area contributed by atoms with Gasteiger partial charge in [0.15, 0.2) is 0 Å². The van der Waals surface area contributed by atoms with E-state index in [1.165, 1.54) is 16.7 Å². The quantitative estimate of drug-likeness (QED) is 0.507. The lowest BCUT2D eigenvalue weighted by Gasteiger charge is -2.17. The number of hydrogen-bond acceptors (Lipinski definition) is 1. The van der Waals surface area contributed by atoms with Crippen LogP contribution in [0.15, 0.2) is 47.1 Å². The molecule has 0 rings (SSSR count). The summed E-state index contributed by atoms with van der Waals surface area (Å²) in [5, 5.41) is 10.3. The summed E-state index contributed by atoms with van der Waals surface area (Å²) in [5.74, 6) is 0. The lowest BCUT2D eigenvalue weighted by Crippen LogP contribution is -2.19. The van der Waals surface area contributed by atoms with Crippen LogP contribution in [0.2, 0.25) is 0 Å². The first-order valence-electron chi connectivity index (χ1n) is 8.05. The Hall–Kier alpha value is -1.08. The van der Waals surface area contributed by atoms with E-state index in [1.807, 2.05) is 13.0 Å². The van der Waals surface area contributed by atoms with Crippen molar-refractivity contribution in [2.45, 2.75) is 79.2 Å². The molecule has 0 aromatic carbocycles. The maximum atomic E-state index is 10.3. The molecule has 1 unspecified atom stereocenters. The molecule has 0 saturated carbocycles. The maximum absolute atomic E-state index is 10.3. The van der Waals surface area contributed by atoms with E-state index in [2.05, 4.69) is 58.9 Å². The van der Waals surface area contributed by atoms with Crippen LogP contribution < -0.4 is 0 Å². The molecule has 0 fully saturated rings. The highest BCUT2D eigenvalue weighted by Crippen LogP contribution is 2.16. The van der Waals surface area contributed by atoms with E-state index >= 15 is 0 Å². The Bertz CT molecular complexity index is 398. The summed E-state index contributed by atoms with van der Waals surface area (Å²) in [4.78, 5) is 0. The van der Waals surface area contributed by atoms with Gasteiger partial charge in [-0.25, -0.2) is 0 Å². The van der Waals surface area contributed by atoms with Crippen molar-refractivity contribution in [3.8, 4) is 0 Å². The van der Waals surface area contributed by atoms with E-state index in [9.17, 15) is 5.11 Å². The Morgan fingerprint density at radius 3 is 2.05 bits per heavy atom. The first kappa shape index (κ1) is 19.9. The van der Waals surface area contributed by atoms with Gasteiger partial charge in [-0.1, -0.05) is 47.1 Å². The van der Waals surface area contributed by atoms with Gasteiger partial charge in [-0.05, 0) is 73.6 Å². The second kappa shape index (κ2) is 10.6. The van der Waals surface area contributed by atoms with Gasteiger partial charge < -0.3 is 5.11 Å². The van der Waals surface area contributed by atoms with E-state index < -0.39 is 5.60 Å². The number of hydrogen-bond donors (Lipinski definition) is 1. The molecule has 0 heterocycles. The minimum Gasteiger partial charge on any atom is -0.386 e. The van der Waals surface area contributed by atoms with Gasteiger partial charge in [-0.3, -0.25) is 0 Å². The Morgan fingerprint density at radius 1 is 0.905 bits per heavy atom. The summed E-state index contributed by atoms with van der Waals surface area (Å²) in [6.45, 7) is 12.5. The van der Waals surface area contributed by atoms with Gasteiger partial charge in [0.2, 0.25) is 0 Å². The van der Waals surface area contributed by atoms with E-state index in [-0.39, 0.29) is 0 Å². The molecule has 0 aliphatic rings. The van der Waals surface area contributed by atoms with Gasteiger partial charge in [0, 0.05) is 0 Å². The highest BCUT2D eigenvalue weighted by molar-refractivity contribution is 5.07. The second-order valence-corrected chi connectivity index (χ2v) is 6.69. The molecular weight excluding hydrogens is 256 g/mol. The Kier molecular flexibility index (Phi) is 10.1. The van der Waals surface area contributed by atoms with Crippen LogP contribution in [0.3, 0.4) is 0 Å². The number of rotatable bonds is 9. The molecule has 0 aliphatic carbocycles.